The van der Waals surface area contributed by atoms with Crippen LogP contribution < -0.4 is 5.32 Å². The third-order valence-corrected chi connectivity index (χ3v) is 1.14. The third-order valence-electron chi connectivity index (χ3n) is 1.14. The highest BCUT2D eigenvalue weighted by molar-refractivity contribution is 5.72. The fraction of sp³-hybridized carbons (Fsp3) is 0.125. The van der Waals surface area contributed by atoms with E-state index in [4.69, 9.17) is 5.11 Å². The summed E-state index contributed by atoms with van der Waals surface area (Å²) in [5, 5.41) is 11.0. The quantitative estimate of drug-likeness (QED) is 0.675. The van der Waals surface area contributed by atoms with E-state index in [-0.39, 0.29) is 6.54 Å². The Morgan fingerprint density at radius 1 is 1.64 bits per heavy atom. The van der Waals surface area contributed by atoms with Gasteiger partial charge in [-0.25, -0.2) is 0 Å². The van der Waals surface area contributed by atoms with Crippen molar-refractivity contribution >= 4 is 11.7 Å². The van der Waals surface area contributed by atoms with Gasteiger partial charge in [0.1, 0.15) is 6.54 Å². The summed E-state index contributed by atoms with van der Waals surface area (Å²) >= 11 is 0. The van der Waals surface area contributed by atoms with E-state index < -0.39 is 5.97 Å². The molecule has 0 saturated carbocycles. The van der Waals surface area contributed by atoms with E-state index in [1.165, 1.54) is 0 Å². The van der Waals surface area contributed by atoms with Crippen molar-refractivity contribution in [3.8, 4) is 0 Å². The highest BCUT2D eigenvalue weighted by Gasteiger charge is 1.94. The van der Waals surface area contributed by atoms with E-state index in [1.807, 2.05) is 12.1 Å². The zero-order chi connectivity index (χ0) is 8.10. The Labute approximate surface area is 64.7 Å². The monoisotopic (exact) mass is 150 g/mol. The summed E-state index contributed by atoms with van der Waals surface area (Å²) in [5.74, 6) is -0.873. The first-order valence-corrected chi connectivity index (χ1v) is 3.21. The molecule has 0 atom stereocenters. The van der Waals surface area contributed by atoms with E-state index in [0.717, 1.165) is 0 Å². The second-order valence-corrected chi connectivity index (χ2v) is 2.02. The molecule has 1 aromatic rings. The van der Waals surface area contributed by atoms with Crippen molar-refractivity contribution in [1.82, 2.24) is 0 Å². The van der Waals surface area contributed by atoms with Gasteiger partial charge in [0, 0.05) is 11.8 Å². The Hall–Kier alpha value is -1.51. The maximum Gasteiger partial charge on any atom is 0.322 e. The molecule has 1 radical (unpaired) electrons. The predicted octanol–water partition coefficient (Wildman–Crippen LogP) is 0.983. The van der Waals surface area contributed by atoms with Crippen LogP contribution >= 0.6 is 0 Å². The summed E-state index contributed by atoms with van der Waals surface area (Å²) in [6, 6.07) is 9.99. The molecule has 1 rings (SSSR count). The summed E-state index contributed by atoms with van der Waals surface area (Å²) in [4.78, 5) is 10.1. The van der Waals surface area contributed by atoms with Crippen LogP contribution in [0.3, 0.4) is 0 Å². The summed E-state index contributed by atoms with van der Waals surface area (Å²) in [6.45, 7) is -0.0689. The summed E-state index contributed by atoms with van der Waals surface area (Å²) in [6.07, 6.45) is 0. The lowest BCUT2D eigenvalue weighted by Crippen LogP contribution is -2.11. The number of carboxylic acids is 1. The van der Waals surface area contributed by atoms with Crippen molar-refractivity contribution in [2.45, 2.75) is 0 Å². The molecule has 1 aromatic carbocycles. The van der Waals surface area contributed by atoms with Gasteiger partial charge < -0.3 is 10.4 Å². The van der Waals surface area contributed by atoms with E-state index >= 15 is 0 Å². The van der Waals surface area contributed by atoms with Crippen LogP contribution in [0.2, 0.25) is 0 Å². The largest absolute Gasteiger partial charge is 0.480 e. The molecule has 0 aliphatic heterocycles. The van der Waals surface area contributed by atoms with Gasteiger partial charge in [-0.05, 0) is 6.07 Å². The zero-order valence-corrected chi connectivity index (χ0v) is 5.87. The number of aliphatic carboxylic acids is 1. The molecule has 11 heavy (non-hydrogen) atoms. The van der Waals surface area contributed by atoms with Crippen molar-refractivity contribution in [2.75, 3.05) is 11.9 Å². The molecule has 0 unspecified atom stereocenters. The minimum Gasteiger partial charge on any atom is -0.480 e. The molecule has 57 valence electrons. The maximum absolute atomic E-state index is 10.1. The number of carbonyl (C=O) groups is 1. The van der Waals surface area contributed by atoms with Gasteiger partial charge in [0.15, 0.2) is 0 Å². The Kier molecular flexibility index (Phi) is 2.49. The first-order valence-electron chi connectivity index (χ1n) is 3.21. The molecule has 0 aliphatic carbocycles. The lowest BCUT2D eigenvalue weighted by Gasteiger charge is -1.99. The smallest absolute Gasteiger partial charge is 0.322 e. The van der Waals surface area contributed by atoms with E-state index in [1.54, 1.807) is 12.1 Å². The topological polar surface area (TPSA) is 49.3 Å². The van der Waals surface area contributed by atoms with Crippen molar-refractivity contribution in [3.05, 3.63) is 30.3 Å². The normalized spacial score (nSPS) is 9.09. The van der Waals surface area contributed by atoms with Gasteiger partial charge >= 0.3 is 5.97 Å². The number of hydrogen-bond acceptors (Lipinski definition) is 2. The summed E-state index contributed by atoms with van der Waals surface area (Å²) < 4.78 is 0. The zero-order valence-electron chi connectivity index (χ0n) is 5.87. The molecule has 3 heteroatoms. The molecule has 0 fully saturated rings. The van der Waals surface area contributed by atoms with Gasteiger partial charge in [-0.15, -0.1) is 0 Å². The maximum atomic E-state index is 10.1. The van der Waals surface area contributed by atoms with E-state index in [2.05, 4.69) is 11.4 Å². The van der Waals surface area contributed by atoms with E-state index in [9.17, 15) is 4.79 Å². The summed E-state index contributed by atoms with van der Waals surface area (Å²) in [5.41, 5.74) is 0.704. The molecule has 0 saturated heterocycles. The Morgan fingerprint density at radius 2 is 2.45 bits per heavy atom. The van der Waals surface area contributed by atoms with Gasteiger partial charge in [-0.1, -0.05) is 18.2 Å². The number of benzene rings is 1. The van der Waals surface area contributed by atoms with Gasteiger partial charge in [0.05, 0.1) is 0 Å². The minimum atomic E-state index is -0.873. The molecule has 0 aliphatic rings. The van der Waals surface area contributed by atoms with Gasteiger partial charge in [0.2, 0.25) is 0 Å². The van der Waals surface area contributed by atoms with Crippen molar-refractivity contribution in [1.29, 1.82) is 0 Å². The standard InChI is InChI=1S/C8H8NO2/c10-8(11)6-9-7-4-2-1-3-5-7/h1-4,9H,6H2,(H,10,11). The van der Waals surface area contributed by atoms with Crippen molar-refractivity contribution in [3.63, 3.8) is 0 Å². The SMILES string of the molecule is O=C(O)CNc1[c]cccc1. The van der Waals surface area contributed by atoms with Crippen molar-refractivity contribution < 1.29 is 9.90 Å². The van der Waals surface area contributed by atoms with Crippen LogP contribution in [0.15, 0.2) is 24.3 Å². The van der Waals surface area contributed by atoms with E-state index in [0.29, 0.717) is 5.69 Å². The average molecular weight is 150 g/mol. The molecule has 2 N–H and O–H groups in total. The lowest BCUT2D eigenvalue weighted by atomic mass is 10.3. The van der Waals surface area contributed by atoms with Crippen LogP contribution in [0.5, 0.6) is 0 Å². The van der Waals surface area contributed by atoms with Crippen molar-refractivity contribution in [2.24, 2.45) is 0 Å². The highest BCUT2D eigenvalue weighted by atomic mass is 16.4. The number of carboxylic acid groups (broad SMARTS) is 1. The van der Waals surface area contributed by atoms with Gasteiger partial charge in [0.25, 0.3) is 0 Å². The van der Waals surface area contributed by atoms with Gasteiger partial charge in [-0.2, -0.15) is 0 Å². The number of rotatable bonds is 3. The Balaban J connectivity index is 2.45. The highest BCUT2D eigenvalue weighted by Crippen LogP contribution is 2.02. The molecule has 0 heterocycles. The first-order chi connectivity index (χ1) is 5.29. The fourth-order valence-corrected chi connectivity index (χ4v) is 0.674. The molecular formula is C8H8NO2. The number of para-hydroxylation sites is 1. The second-order valence-electron chi connectivity index (χ2n) is 2.02. The van der Waals surface area contributed by atoms with Crippen LogP contribution in [-0.2, 0) is 4.79 Å². The minimum absolute atomic E-state index is 0.0689. The molecule has 3 nitrogen and oxygen atoms in total. The molecule has 0 bridgehead atoms. The van der Waals surface area contributed by atoms with Crippen LogP contribution in [-0.4, -0.2) is 17.6 Å². The number of anilines is 1. The van der Waals surface area contributed by atoms with Crippen LogP contribution in [0.1, 0.15) is 0 Å². The molecule has 0 spiro atoms. The number of nitrogens with one attached hydrogen (secondary N) is 1. The third kappa shape index (κ3) is 2.71. The molecular weight excluding hydrogens is 142 g/mol. The van der Waals surface area contributed by atoms with Crippen LogP contribution in [0.25, 0.3) is 0 Å². The molecule has 0 amide bonds. The lowest BCUT2D eigenvalue weighted by molar-refractivity contribution is -0.134. The second kappa shape index (κ2) is 3.61. The Bertz CT molecular complexity index is 233. The first kappa shape index (κ1) is 7.60. The predicted molar refractivity (Wildman–Crippen MR) is 41.4 cm³/mol. The van der Waals surface area contributed by atoms with Crippen LogP contribution in [0, 0.1) is 6.07 Å². The van der Waals surface area contributed by atoms with Crippen LogP contribution in [0.4, 0.5) is 5.69 Å². The van der Waals surface area contributed by atoms with Gasteiger partial charge in [-0.3, -0.25) is 4.79 Å². The average Bonchev–Trinajstić information content (AvgIpc) is 2.03. The number of hydrogen-bond donors (Lipinski definition) is 2. The fourth-order valence-electron chi connectivity index (χ4n) is 0.674. The Morgan fingerprint density at radius 3 is 3.00 bits per heavy atom. The molecule has 0 aromatic heterocycles. The summed E-state index contributed by atoms with van der Waals surface area (Å²) in [7, 11) is 0.